The molecule has 200 valence electrons. The highest BCUT2D eigenvalue weighted by molar-refractivity contribution is 5.94. The predicted molar refractivity (Wildman–Crippen MR) is 145 cm³/mol. The van der Waals surface area contributed by atoms with Gasteiger partial charge in [0.2, 0.25) is 5.95 Å². The zero-order valence-electron chi connectivity index (χ0n) is 21.6. The Hall–Kier alpha value is -3.72. The van der Waals surface area contributed by atoms with Crippen LogP contribution in [0.5, 0.6) is 5.75 Å². The number of carbonyl (C=O) groups is 1. The molecule has 0 aliphatic heterocycles. The second-order valence-corrected chi connectivity index (χ2v) is 9.96. The third kappa shape index (κ3) is 6.98. The number of nitrogens with one attached hydrogen (secondary N) is 3. The molecule has 2 fully saturated rings. The highest BCUT2D eigenvalue weighted by Crippen LogP contribution is 2.39. The zero-order chi connectivity index (χ0) is 26.3. The smallest absolute Gasteiger partial charge is 0.251 e. The largest absolute Gasteiger partial charge is 0.491 e. The van der Waals surface area contributed by atoms with Crippen LogP contribution in [0.15, 0.2) is 54.7 Å². The van der Waals surface area contributed by atoms with Crippen molar-refractivity contribution in [2.24, 2.45) is 0 Å². The lowest BCUT2D eigenvalue weighted by molar-refractivity contribution is 0.0926. The van der Waals surface area contributed by atoms with Crippen molar-refractivity contribution in [3.05, 3.63) is 71.7 Å². The molecule has 1 amide bonds. The van der Waals surface area contributed by atoms with Gasteiger partial charge in [0.05, 0.1) is 12.8 Å². The SMILES string of the molecule is COCCOc1ccc(Nc2ncc(F)c(NC3CCCC(NC(=O)c4ccc(C5CC5)cc4)C3)n2)cc1. The minimum atomic E-state index is -0.514. The summed E-state index contributed by atoms with van der Waals surface area (Å²) in [4.78, 5) is 21.2. The van der Waals surface area contributed by atoms with E-state index in [1.807, 2.05) is 36.4 Å². The van der Waals surface area contributed by atoms with Crippen LogP contribution in [0.2, 0.25) is 0 Å². The van der Waals surface area contributed by atoms with Gasteiger partial charge in [-0.05, 0) is 86.4 Å². The molecule has 8 nitrogen and oxygen atoms in total. The van der Waals surface area contributed by atoms with Gasteiger partial charge in [-0.3, -0.25) is 4.79 Å². The van der Waals surface area contributed by atoms with Gasteiger partial charge < -0.3 is 25.4 Å². The van der Waals surface area contributed by atoms with Gasteiger partial charge in [-0.2, -0.15) is 4.98 Å². The topological polar surface area (TPSA) is 97.4 Å². The lowest BCUT2D eigenvalue weighted by Gasteiger charge is -2.30. The van der Waals surface area contributed by atoms with Crippen LogP contribution >= 0.6 is 0 Å². The summed E-state index contributed by atoms with van der Waals surface area (Å²) < 4.78 is 25.1. The summed E-state index contributed by atoms with van der Waals surface area (Å²) in [6, 6.07) is 15.3. The molecule has 2 aliphatic rings. The van der Waals surface area contributed by atoms with Gasteiger partial charge in [-0.1, -0.05) is 12.1 Å². The Morgan fingerprint density at radius 2 is 1.76 bits per heavy atom. The molecule has 1 heterocycles. The number of benzene rings is 2. The number of nitrogens with zero attached hydrogens (tertiary/aromatic N) is 2. The molecule has 2 atom stereocenters. The van der Waals surface area contributed by atoms with Crippen molar-refractivity contribution in [2.75, 3.05) is 31.0 Å². The molecule has 2 saturated carbocycles. The highest BCUT2D eigenvalue weighted by Gasteiger charge is 2.26. The molecule has 2 aromatic carbocycles. The molecule has 0 saturated heterocycles. The van der Waals surface area contributed by atoms with Crippen molar-refractivity contribution in [1.82, 2.24) is 15.3 Å². The fourth-order valence-electron chi connectivity index (χ4n) is 4.77. The Balaban J connectivity index is 1.15. The lowest BCUT2D eigenvalue weighted by Crippen LogP contribution is -2.42. The lowest BCUT2D eigenvalue weighted by atomic mass is 9.90. The minimum absolute atomic E-state index is 0.00734. The summed E-state index contributed by atoms with van der Waals surface area (Å²) in [6.07, 6.45) is 7.04. The molecule has 38 heavy (non-hydrogen) atoms. The van der Waals surface area contributed by atoms with Gasteiger partial charge >= 0.3 is 0 Å². The third-order valence-corrected chi connectivity index (χ3v) is 6.98. The van der Waals surface area contributed by atoms with Crippen molar-refractivity contribution >= 4 is 23.4 Å². The molecule has 1 aromatic heterocycles. The Morgan fingerprint density at radius 3 is 2.50 bits per heavy atom. The number of aromatic nitrogens is 2. The average Bonchev–Trinajstić information content (AvgIpc) is 3.78. The van der Waals surface area contributed by atoms with E-state index in [1.54, 1.807) is 7.11 Å². The van der Waals surface area contributed by atoms with E-state index in [-0.39, 0.29) is 29.8 Å². The van der Waals surface area contributed by atoms with Gasteiger partial charge in [0, 0.05) is 30.4 Å². The second-order valence-electron chi connectivity index (χ2n) is 9.96. The summed E-state index contributed by atoms with van der Waals surface area (Å²) in [6.45, 7) is 0.986. The van der Waals surface area contributed by atoms with E-state index in [1.165, 1.54) is 18.4 Å². The van der Waals surface area contributed by atoms with E-state index >= 15 is 0 Å². The summed E-state index contributed by atoms with van der Waals surface area (Å²) in [5.74, 6) is 1.25. The summed E-state index contributed by atoms with van der Waals surface area (Å²) in [7, 11) is 1.63. The van der Waals surface area contributed by atoms with Crippen LogP contribution in [0.25, 0.3) is 0 Å². The van der Waals surface area contributed by atoms with Crippen LogP contribution in [0.4, 0.5) is 21.8 Å². The van der Waals surface area contributed by atoms with Gasteiger partial charge in [-0.25, -0.2) is 9.37 Å². The first kappa shape index (κ1) is 25.9. The fraction of sp³-hybridized carbons (Fsp3) is 0.414. The number of rotatable bonds is 11. The van der Waals surface area contributed by atoms with Crippen LogP contribution in [0.1, 0.15) is 60.4 Å². The number of amides is 1. The summed E-state index contributed by atoms with van der Waals surface area (Å²) in [5.41, 5.74) is 2.75. The van der Waals surface area contributed by atoms with Crippen LogP contribution in [-0.4, -0.2) is 48.3 Å². The molecule has 3 N–H and O–H groups in total. The van der Waals surface area contributed by atoms with E-state index in [0.29, 0.717) is 31.1 Å². The third-order valence-electron chi connectivity index (χ3n) is 6.98. The predicted octanol–water partition coefficient (Wildman–Crippen LogP) is 5.42. The fourth-order valence-corrected chi connectivity index (χ4v) is 4.77. The minimum Gasteiger partial charge on any atom is -0.491 e. The van der Waals surface area contributed by atoms with Gasteiger partial charge in [0.25, 0.3) is 5.91 Å². The maximum Gasteiger partial charge on any atom is 0.251 e. The number of anilines is 3. The van der Waals surface area contributed by atoms with Crippen LogP contribution < -0.4 is 20.7 Å². The molecule has 3 aromatic rings. The first-order valence-corrected chi connectivity index (χ1v) is 13.3. The molecule has 0 radical (unpaired) electrons. The number of methoxy groups -OCH3 is 1. The van der Waals surface area contributed by atoms with Crippen LogP contribution in [0.3, 0.4) is 0 Å². The number of carbonyl (C=O) groups excluding carboxylic acids is 1. The molecule has 2 aliphatic carbocycles. The quantitative estimate of drug-likeness (QED) is 0.291. The van der Waals surface area contributed by atoms with Crippen LogP contribution in [-0.2, 0) is 4.74 Å². The van der Waals surface area contributed by atoms with Gasteiger partial charge in [0.15, 0.2) is 11.6 Å². The molecule has 0 spiro atoms. The van der Waals surface area contributed by atoms with Crippen molar-refractivity contribution in [1.29, 1.82) is 0 Å². The molecule has 9 heteroatoms. The number of hydrogen-bond donors (Lipinski definition) is 3. The summed E-state index contributed by atoms with van der Waals surface area (Å²) >= 11 is 0. The van der Waals surface area contributed by atoms with E-state index < -0.39 is 5.82 Å². The van der Waals surface area contributed by atoms with Crippen molar-refractivity contribution in [2.45, 2.75) is 56.5 Å². The maximum absolute atomic E-state index is 14.6. The molecule has 5 rings (SSSR count). The second kappa shape index (κ2) is 12.2. The van der Waals surface area contributed by atoms with E-state index in [0.717, 1.165) is 36.9 Å². The van der Waals surface area contributed by atoms with E-state index in [2.05, 4.69) is 38.1 Å². The van der Waals surface area contributed by atoms with Crippen molar-refractivity contribution < 1.29 is 18.7 Å². The maximum atomic E-state index is 14.6. The van der Waals surface area contributed by atoms with Crippen LogP contribution in [0, 0.1) is 5.82 Å². The Bertz CT molecular complexity index is 1220. The molecule has 2 unspecified atom stereocenters. The van der Waals surface area contributed by atoms with E-state index in [4.69, 9.17) is 9.47 Å². The number of halogens is 1. The van der Waals surface area contributed by atoms with Gasteiger partial charge in [0.1, 0.15) is 12.4 Å². The standard InChI is InChI=1S/C29H34FN5O3/c1-37-15-16-38-25-13-11-22(12-14-25)34-29-31-18-26(30)27(35-29)32-23-3-2-4-24(17-23)33-28(36)21-9-7-20(8-10-21)19-5-6-19/h7-14,18-19,23-24H,2-6,15-17H2,1H3,(H,33,36)(H2,31,32,34,35). The van der Waals surface area contributed by atoms with E-state index in [9.17, 15) is 9.18 Å². The van der Waals surface area contributed by atoms with Crippen molar-refractivity contribution in [3.8, 4) is 5.75 Å². The normalized spacial score (nSPS) is 19.0. The molecule has 0 bridgehead atoms. The summed E-state index contributed by atoms with van der Waals surface area (Å²) in [5, 5.41) is 9.50. The first-order chi connectivity index (χ1) is 18.6. The Morgan fingerprint density at radius 1 is 1.00 bits per heavy atom. The van der Waals surface area contributed by atoms with Crippen molar-refractivity contribution in [3.63, 3.8) is 0 Å². The zero-order valence-corrected chi connectivity index (χ0v) is 21.6. The van der Waals surface area contributed by atoms with Gasteiger partial charge in [-0.15, -0.1) is 0 Å². The number of ether oxygens (including phenoxy) is 2. The number of hydrogen-bond acceptors (Lipinski definition) is 7. The Labute approximate surface area is 222 Å². The molecular formula is C29H34FN5O3. The molecular weight excluding hydrogens is 485 g/mol. The first-order valence-electron chi connectivity index (χ1n) is 13.3. The average molecular weight is 520 g/mol. The monoisotopic (exact) mass is 519 g/mol. The Kier molecular flexibility index (Phi) is 8.33. The highest BCUT2D eigenvalue weighted by atomic mass is 19.1.